The number of ether oxygens (including phenoxy) is 4. The van der Waals surface area contributed by atoms with Gasteiger partial charge in [-0.05, 0) is 38.5 Å². The minimum absolute atomic E-state index is 0.0397. The normalized spacial score (nSPS) is 20.7. The predicted octanol–water partition coefficient (Wildman–Crippen LogP) is 9.47. The van der Waals surface area contributed by atoms with Crippen molar-refractivity contribution in [1.29, 1.82) is 0 Å². The van der Waals surface area contributed by atoms with Gasteiger partial charge in [0.25, 0.3) is 0 Å². The zero-order valence-corrected chi connectivity index (χ0v) is 36.7. The molecule has 0 aromatic carbocycles. The lowest BCUT2D eigenvalue weighted by Gasteiger charge is -2.41. The first-order valence-corrected chi connectivity index (χ1v) is 24.3. The molecule has 4 N–H and O–H groups in total. The summed E-state index contributed by atoms with van der Waals surface area (Å²) in [5.41, 5.74) is 0. The van der Waals surface area contributed by atoms with Gasteiger partial charge in [-0.15, -0.1) is 0 Å². The van der Waals surface area contributed by atoms with Crippen LogP contribution in [-0.4, -0.2) is 97.5 Å². The number of aliphatic hydroxyl groups excluding tert-OH is 3. The number of hydrogen-bond acceptors (Lipinski definition) is 11. The quantitative estimate of drug-likeness (QED) is 0.0199. The zero-order chi connectivity index (χ0) is 41.8. The Morgan fingerprint density at radius 2 is 1.11 bits per heavy atom. The highest BCUT2D eigenvalue weighted by atomic mass is 32.3. The molecule has 338 valence electrons. The number of carbonyl (C=O) groups excluding carboxylic acids is 1. The third kappa shape index (κ3) is 30.5. The molecule has 1 aliphatic heterocycles. The molecule has 12 nitrogen and oxygen atoms in total. The Labute approximate surface area is 347 Å². The number of hydrogen-bond donors (Lipinski definition) is 4. The third-order valence-electron chi connectivity index (χ3n) is 10.6. The van der Waals surface area contributed by atoms with E-state index in [0.717, 1.165) is 44.9 Å². The van der Waals surface area contributed by atoms with E-state index in [4.69, 9.17) is 23.5 Å². The van der Waals surface area contributed by atoms with Crippen LogP contribution in [0.4, 0.5) is 0 Å². The van der Waals surface area contributed by atoms with E-state index in [9.17, 15) is 28.5 Å². The molecule has 0 aromatic heterocycles. The van der Waals surface area contributed by atoms with Gasteiger partial charge in [0.2, 0.25) is 0 Å². The van der Waals surface area contributed by atoms with Gasteiger partial charge in [0, 0.05) is 13.0 Å². The van der Waals surface area contributed by atoms with Gasteiger partial charge < -0.3 is 34.3 Å². The fourth-order valence-electron chi connectivity index (χ4n) is 7.14. The molecular weight excluding hydrogens is 753 g/mol. The van der Waals surface area contributed by atoms with Crippen molar-refractivity contribution in [3.63, 3.8) is 0 Å². The molecule has 0 saturated carbocycles. The summed E-state index contributed by atoms with van der Waals surface area (Å²) in [6.45, 7) is 4.00. The lowest BCUT2D eigenvalue weighted by molar-refractivity contribution is -0.301. The van der Waals surface area contributed by atoms with E-state index in [0.29, 0.717) is 13.0 Å². The monoisotopic (exact) mass is 837 g/mol. The Hall–Kier alpha value is -1.16. The smallest absolute Gasteiger partial charge is 0.397 e. The first-order valence-electron chi connectivity index (χ1n) is 22.9. The van der Waals surface area contributed by atoms with Crippen LogP contribution in [0.3, 0.4) is 0 Å². The Balaban J connectivity index is 2.42. The first-order chi connectivity index (χ1) is 27.6. The van der Waals surface area contributed by atoms with Crippen molar-refractivity contribution >= 4 is 16.4 Å². The van der Waals surface area contributed by atoms with E-state index in [2.05, 4.69) is 30.2 Å². The summed E-state index contributed by atoms with van der Waals surface area (Å²) in [5.74, 6) is -0.401. The maximum Gasteiger partial charge on any atom is 0.397 e. The van der Waals surface area contributed by atoms with Crippen molar-refractivity contribution < 1.29 is 56.2 Å². The van der Waals surface area contributed by atoms with Crippen molar-refractivity contribution in [2.45, 2.75) is 237 Å². The molecule has 0 aliphatic carbocycles. The molecule has 1 rings (SSSR count). The largest absolute Gasteiger partial charge is 0.457 e. The maximum atomic E-state index is 12.8. The Morgan fingerprint density at radius 1 is 0.649 bits per heavy atom. The molecule has 13 heteroatoms. The van der Waals surface area contributed by atoms with Gasteiger partial charge in [0.1, 0.15) is 30.5 Å². The number of aliphatic hydroxyl groups is 3. The summed E-state index contributed by atoms with van der Waals surface area (Å²) < 4.78 is 59.0. The second kappa shape index (κ2) is 36.7. The topological polar surface area (TPSA) is 178 Å². The number of unbranched alkanes of at least 4 members (excludes halogenated alkanes) is 25. The van der Waals surface area contributed by atoms with Crippen molar-refractivity contribution in [3.05, 3.63) is 12.2 Å². The minimum Gasteiger partial charge on any atom is -0.457 e. The molecule has 1 fully saturated rings. The van der Waals surface area contributed by atoms with Gasteiger partial charge in [0.05, 0.1) is 19.8 Å². The predicted molar refractivity (Wildman–Crippen MR) is 225 cm³/mol. The lowest BCUT2D eigenvalue weighted by Crippen LogP contribution is -2.60. The molecule has 1 heterocycles. The standard InChI is InChI=1S/C44H84O12S/c1-3-5-7-9-11-13-15-17-18-19-20-21-23-25-27-29-31-33-40(46)54-38(36-52-34-32-30-28-26-24-22-16-14-12-10-8-6-4-2)37-53-44-42(48)43(56-57(49,50)51)41(47)39(35-45)55-44/h17-18,38-39,41-45,47-48H,3-16,19-37H2,1-2H3,(H,49,50,51)/b18-17-. The SMILES string of the molecule is CCCCCCCC/C=C\CCCCCCCCCC(=O)OC(COCCCCCCCCCCCCCCC)COC1OC(CO)C(O)C(OS(=O)(=O)O)C1O. The van der Waals surface area contributed by atoms with E-state index in [-0.39, 0.29) is 19.6 Å². The highest BCUT2D eigenvalue weighted by Crippen LogP contribution is 2.26. The van der Waals surface area contributed by atoms with Gasteiger partial charge in [-0.25, -0.2) is 4.18 Å². The molecule has 0 aromatic rings. The summed E-state index contributed by atoms with van der Waals surface area (Å²) in [7, 11) is -5.06. The van der Waals surface area contributed by atoms with Gasteiger partial charge in [0.15, 0.2) is 6.29 Å². The molecule has 0 radical (unpaired) electrons. The minimum atomic E-state index is -5.06. The average molecular weight is 837 g/mol. The molecule has 6 unspecified atom stereocenters. The Bertz CT molecular complexity index is 1060. The summed E-state index contributed by atoms with van der Waals surface area (Å²) in [6, 6.07) is 0. The molecular formula is C44H84O12S. The fraction of sp³-hybridized carbons (Fsp3) is 0.932. The van der Waals surface area contributed by atoms with Crippen LogP contribution in [0, 0.1) is 0 Å². The molecule has 1 aliphatic rings. The first kappa shape index (κ1) is 53.9. The van der Waals surface area contributed by atoms with Crippen LogP contribution in [0.1, 0.15) is 200 Å². The summed E-state index contributed by atoms with van der Waals surface area (Å²) in [5, 5.41) is 30.6. The van der Waals surface area contributed by atoms with Crippen molar-refractivity contribution in [1.82, 2.24) is 0 Å². The molecule has 0 amide bonds. The highest BCUT2D eigenvalue weighted by Gasteiger charge is 2.48. The van der Waals surface area contributed by atoms with Crippen LogP contribution in [0.2, 0.25) is 0 Å². The molecule has 57 heavy (non-hydrogen) atoms. The number of esters is 1. The van der Waals surface area contributed by atoms with E-state index < -0.39 is 59.8 Å². The summed E-state index contributed by atoms with van der Waals surface area (Å²) >= 11 is 0. The van der Waals surface area contributed by atoms with Crippen LogP contribution in [0.15, 0.2) is 12.2 Å². The second-order valence-corrected chi connectivity index (χ2v) is 17.0. The van der Waals surface area contributed by atoms with E-state index >= 15 is 0 Å². The second-order valence-electron chi connectivity index (χ2n) is 16.0. The summed E-state index contributed by atoms with van der Waals surface area (Å²) in [6.07, 6.45) is 29.5. The van der Waals surface area contributed by atoms with Crippen molar-refractivity contribution in [2.75, 3.05) is 26.4 Å². The van der Waals surface area contributed by atoms with E-state index in [1.807, 2.05) is 0 Å². The molecule has 0 spiro atoms. The average Bonchev–Trinajstić information content (AvgIpc) is 3.18. The Kier molecular flexibility index (Phi) is 34.6. The van der Waals surface area contributed by atoms with Crippen molar-refractivity contribution in [2.24, 2.45) is 0 Å². The highest BCUT2D eigenvalue weighted by molar-refractivity contribution is 7.80. The lowest BCUT2D eigenvalue weighted by atomic mass is 9.99. The molecule has 1 saturated heterocycles. The van der Waals surface area contributed by atoms with E-state index in [1.54, 1.807) is 0 Å². The van der Waals surface area contributed by atoms with Gasteiger partial charge in [-0.1, -0.05) is 167 Å². The molecule has 6 atom stereocenters. The Morgan fingerprint density at radius 3 is 1.58 bits per heavy atom. The number of carbonyl (C=O) groups is 1. The number of rotatable bonds is 40. The number of allylic oxidation sites excluding steroid dienone is 2. The van der Waals surface area contributed by atoms with E-state index in [1.165, 1.54) is 128 Å². The summed E-state index contributed by atoms with van der Waals surface area (Å²) in [4.78, 5) is 12.8. The fourth-order valence-corrected chi connectivity index (χ4v) is 7.65. The van der Waals surface area contributed by atoms with Gasteiger partial charge in [-0.2, -0.15) is 8.42 Å². The van der Waals surface area contributed by atoms with Crippen LogP contribution < -0.4 is 0 Å². The van der Waals surface area contributed by atoms with Crippen molar-refractivity contribution in [3.8, 4) is 0 Å². The maximum absolute atomic E-state index is 12.8. The van der Waals surface area contributed by atoms with Crippen LogP contribution in [0.5, 0.6) is 0 Å². The third-order valence-corrected chi connectivity index (χ3v) is 11.1. The van der Waals surface area contributed by atoms with Crippen LogP contribution in [0.25, 0.3) is 0 Å². The van der Waals surface area contributed by atoms with Crippen LogP contribution in [-0.2, 0) is 38.3 Å². The zero-order valence-electron chi connectivity index (χ0n) is 35.9. The van der Waals surface area contributed by atoms with Crippen LogP contribution >= 0.6 is 0 Å². The molecule has 0 bridgehead atoms. The van der Waals surface area contributed by atoms with Gasteiger partial charge in [-0.3, -0.25) is 9.35 Å². The van der Waals surface area contributed by atoms with Gasteiger partial charge >= 0.3 is 16.4 Å².